The van der Waals surface area contributed by atoms with Gasteiger partial charge in [-0.25, -0.2) is 13.5 Å². The summed E-state index contributed by atoms with van der Waals surface area (Å²) < 4.78 is 28.6. The summed E-state index contributed by atoms with van der Waals surface area (Å²) in [6.07, 6.45) is 0.352. The molecule has 0 bridgehead atoms. The molecule has 0 amide bonds. The molecule has 2 rings (SSSR count). The summed E-state index contributed by atoms with van der Waals surface area (Å²) in [4.78, 5) is 2.09. The Balaban J connectivity index is 2.25. The number of aliphatic hydroxyl groups is 1. The van der Waals surface area contributed by atoms with Gasteiger partial charge in [0.1, 0.15) is 11.5 Å². The Labute approximate surface area is 135 Å². The average molecular weight is 323 g/mol. The van der Waals surface area contributed by atoms with Crippen molar-refractivity contribution in [2.75, 3.05) is 13.6 Å². The second kappa shape index (κ2) is 7.19. The van der Waals surface area contributed by atoms with Crippen molar-refractivity contribution in [3.63, 3.8) is 0 Å². The maximum absolute atomic E-state index is 14.0. The van der Waals surface area contributed by atoms with Crippen molar-refractivity contribution in [3.05, 3.63) is 46.8 Å². The number of nitrogens with zero attached hydrogens (tertiary/aromatic N) is 3. The first-order valence-electron chi connectivity index (χ1n) is 7.66. The van der Waals surface area contributed by atoms with Gasteiger partial charge in [-0.15, -0.1) is 0 Å². The molecule has 1 atom stereocenters. The zero-order chi connectivity index (χ0) is 17.1. The molecule has 0 fully saturated rings. The average Bonchev–Trinajstić information content (AvgIpc) is 2.73. The Morgan fingerprint density at radius 2 is 2.00 bits per heavy atom. The largest absolute Gasteiger partial charge is 0.393 e. The minimum Gasteiger partial charge on any atom is -0.393 e. The molecule has 0 radical (unpaired) electrons. The number of halogens is 2. The van der Waals surface area contributed by atoms with Crippen LogP contribution in [0.25, 0.3) is 5.69 Å². The van der Waals surface area contributed by atoms with Crippen LogP contribution in [0.5, 0.6) is 0 Å². The molecule has 1 N–H and O–H groups in total. The van der Waals surface area contributed by atoms with Gasteiger partial charge in [-0.1, -0.05) is 0 Å². The van der Waals surface area contributed by atoms with Crippen LogP contribution in [-0.2, 0) is 6.54 Å². The van der Waals surface area contributed by atoms with Crippen LogP contribution in [0.15, 0.2) is 18.2 Å². The van der Waals surface area contributed by atoms with Crippen LogP contribution in [0.1, 0.15) is 30.3 Å². The third-order valence-electron chi connectivity index (χ3n) is 3.94. The first-order valence-corrected chi connectivity index (χ1v) is 7.66. The highest BCUT2D eigenvalue weighted by molar-refractivity contribution is 5.38. The molecule has 1 aromatic heterocycles. The maximum atomic E-state index is 14.0. The molecule has 0 aliphatic heterocycles. The highest BCUT2D eigenvalue weighted by Crippen LogP contribution is 2.21. The third-order valence-corrected chi connectivity index (χ3v) is 3.94. The van der Waals surface area contributed by atoms with E-state index in [1.54, 1.807) is 6.92 Å². The topological polar surface area (TPSA) is 41.3 Å². The Hall–Kier alpha value is -1.79. The summed E-state index contributed by atoms with van der Waals surface area (Å²) in [5, 5.41) is 13.8. The number of aliphatic hydroxyl groups excluding tert-OH is 1. The molecule has 126 valence electrons. The first kappa shape index (κ1) is 17.6. The highest BCUT2D eigenvalue weighted by atomic mass is 19.1. The first-order chi connectivity index (χ1) is 10.8. The smallest absolute Gasteiger partial charge is 0.151 e. The molecular formula is C17H23F2N3O. The predicted molar refractivity (Wildman–Crippen MR) is 85.6 cm³/mol. The van der Waals surface area contributed by atoms with E-state index >= 15 is 0 Å². The number of hydrogen-bond acceptors (Lipinski definition) is 3. The van der Waals surface area contributed by atoms with Gasteiger partial charge in [0, 0.05) is 30.4 Å². The van der Waals surface area contributed by atoms with E-state index in [2.05, 4.69) is 10.00 Å². The van der Waals surface area contributed by atoms with E-state index in [4.69, 9.17) is 0 Å². The molecule has 6 heteroatoms. The second-order valence-electron chi connectivity index (χ2n) is 6.03. The Morgan fingerprint density at radius 3 is 2.61 bits per heavy atom. The molecule has 0 aliphatic rings. The van der Waals surface area contributed by atoms with Crippen molar-refractivity contribution in [1.82, 2.24) is 14.7 Å². The van der Waals surface area contributed by atoms with Gasteiger partial charge in [0.05, 0.1) is 11.8 Å². The van der Waals surface area contributed by atoms with Crippen molar-refractivity contribution in [3.8, 4) is 5.69 Å². The number of aryl methyl sites for hydroxylation is 1. The zero-order valence-corrected chi connectivity index (χ0v) is 14.0. The molecule has 2 aromatic rings. The summed E-state index contributed by atoms with van der Waals surface area (Å²) in [5.74, 6) is -1.24. The Kier molecular flexibility index (Phi) is 5.49. The van der Waals surface area contributed by atoms with E-state index in [0.29, 0.717) is 13.0 Å². The number of rotatable bonds is 6. The summed E-state index contributed by atoms with van der Waals surface area (Å²) in [5.41, 5.74) is 2.90. The minimum absolute atomic E-state index is 0.241. The van der Waals surface area contributed by atoms with E-state index in [9.17, 15) is 13.9 Å². The molecule has 1 unspecified atom stereocenters. The van der Waals surface area contributed by atoms with Crippen LogP contribution in [0, 0.1) is 25.5 Å². The van der Waals surface area contributed by atoms with Crippen molar-refractivity contribution >= 4 is 0 Å². The van der Waals surface area contributed by atoms with Gasteiger partial charge in [0.2, 0.25) is 0 Å². The lowest BCUT2D eigenvalue weighted by molar-refractivity contribution is 0.163. The maximum Gasteiger partial charge on any atom is 0.151 e. The van der Waals surface area contributed by atoms with Gasteiger partial charge in [-0.2, -0.15) is 5.10 Å². The molecule has 0 spiro atoms. The van der Waals surface area contributed by atoms with Crippen LogP contribution in [0.4, 0.5) is 8.78 Å². The molecule has 1 aromatic carbocycles. The fraction of sp³-hybridized carbons (Fsp3) is 0.471. The van der Waals surface area contributed by atoms with E-state index in [1.165, 1.54) is 16.8 Å². The minimum atomic E-state index is -0.635. The van der Waals surface area contributed by atoms with Gasteiger partial charge >= 0.3 is 0 Å². The van der Waals surface area contributed by atoms with Crippen LogP contribution in [-0.4, -0.2) is 39.5 Å². The number of aromatic nitrogens is 2. The molecule has 0 saturated heterocycles. The van der Waals surface area contributed by atoms with E-state index in [1.807, 2.05) is 20.9 Å². The Bertz CT molecular complexity index is 683. The quantitative estimate of drug-likeness (QED) is 0.888. The van der Waals surface area contributed by atoms with Gasteiger partial charge in [0.25, 0.3) is 0 Å². The lowest BCUT2D eigenvalue weighted by Crippen LogP contribution is -2.22. The lowest BCUT2D eigenvalue weighted by Gasteiger charge is -2.17. The van der Waals surface area contributed by atoms with Crippen LogP contribution < -0.4 is 0 Å². The van der Waals surface area contributed by atoms with Gasteiger partial charge in [0.15, 0.2) is 5.82 Å². The lowest BCUT2D eigenvalue weighted by atomic mass is 10.1. The molecular weight excluding hydrogens is 300 g/mol. The van der Waals surface area contributed by atoms with Crippen molar-refractivity contribution in [1.29, 1.82) is 0 Å². The van der Waals surface area contributed by atoms with Gasteiger partial charge in [-0.3, -0.25) is 0 Å². The van der Waals surface area contributed by atoms with E-state index in [0.717, 1.165) is 29.6 Å². The second-order valence-corrected chi connectivity index (χ2v) is 6.03. The molecule has 1 heterocycles. The van der Waals surface area contributed by atoms with E-state index in [-0.39, 0.29) is 11.8 Å². The number of benzene rings is 1. The van der Waals surface area contributed by atoms with Gasteiger partial charge < -0.3 is 10.0 Å². The predicted octanol–water partition coefficient (Wildman–Crippen LogP) is 2.97. The van der Waals surface area contributed by atoms with Crippen LogP contribution >= 0.6 is 0 Å². The highest BCUT2D eigenvalue weighted by Gasteiger charge is 2.17. The SMILES string of the molecule is Cc1nn(-c2ccc(F)cc2F)c(C)c1CN(C)CCC(C)O. The van der Waals surface area contributed by atoms with Gasteiger partial charge in [-0.05, 0) is 46.4 Å². The fourth-order valence-corrected chi connectivity index (χ4v) is 2.55. The molecule has 23 heavy (non-hydrogen) atoms. The van der Waals surface area contributed by atoms with Crippen LogP contribution in [0.3, 0.4) is 0 Å². The Morgan fingerprint density at radius 1 is 1.30 bits per heavy atom. The molecule has 0 saturated carbocycles. The fourth-order valence-electron chi connectivity index (χ4n) is 2.55. The van der Waals surface area contributed by atoms with Crippen molar-refractivity contribution in [2.24, 2.45) is 0 Å². The normalized spacial score (nSPS) is 12.9. The van der Waals surface area contributed by atoms with Crippen molar-refractivity contribution in [2.45, 2.75) is 39.8 Å². The molecule has 4 nitrogen and oxygen atoms in total. The number of hydrogen-bond donors (Lipinski definition) is 1. The molecule has 0 aliphatic carbocycles. The van der Waals surface area contributed by atoms with Crippen molar-refractivity contribution < 1.29 is 13.9 Å². The standard InChI is InChI=1S/C17H23F2N3O/c1-11(23)7-8-21(4)10-15-12(2)20-22(13(15)3)17-6-5-14(18)9-16(17)19/h5-6,9,11,23H,7-8,10H2,1-4H3. The summed E-state index contributed by atoms with van der Waals surface area (Å²) >= 11 is 0. The summed E-state index contributed by atoms with van der Waals surface area (Å²) in [6, 6.07) is 3.48. The summed E-state index contributed by atoms with van der Waals surface area (Å²) in [6.45, 7) is 6.93. The van der Waals surface area contributed by atoms with E-state index < -0.39 is 11.6 Å². The van der Waals surface area contributed by atoms with Crippen LogP contribution in [0.2, 0.25) is 0 Å². The monoisotopic (exact) mass is 323 g/mol. The summed E-state index contributed by atoms with van der Waals surface area (Å²) in [7, 11) is 1.97. The third kappa shape index (κ3) is 4.14. The zero-order valence-electron chi connectivity index (χ0n) is 14.0.